The molecule has 2 rings (SSSR count). The lowest BCUT2D eigenvalue weighted by Crippen LogP contribution is -2.48. The maximum Gasteiger partial charge on any atom is 0.302 e. The molecule has 0 radical (unpaired) electrons. The van der Waals surface area contributed by atoms with Crippen LogP contribution in [-0.2, 0) is 24.3 Å². The molecule has 7 nitrogen and oxygen atoms in total. The number of ether oxygens (including phenoxy) is 2. The van der Waals surface area contributed by atoms with Crippen LogP contribution in [0.25, 0.3) is 0 Å². The summed E-state index contributed by atoms with van der Waals surface area (Å²) >= 11 is 0. The molecule has 0 saturated heterocycles. The first-order chi connectivity index (χ1) is 10.8. The number of aliphatic hydroxyl groups excluding tert-OH is 1. The second-order valence-corrected chi connectivity index (χ2v) is 6.92. The second-order valence-electron chi connectivity index (χ2n) is 5.21. The minimum absolute atomic E-state index is 0.0543. The largest absolute Gasteiger partial charge is 0.463 e. The monoisotopic (exact) mass is 341 g/mol. The Labute approximate surface area is 135 Å². The van der Waals surface area contributed by atoms with Gasteiger partial charge >= 0.3 is 5.97 Å². The number of carbonyl (C=O) groups excluding carboxylic acids is 1. The van der Waals surface area contributed by atoms with Crippen LogP contribution >= 0.6 is 0 Å². The molecule has 1 aromatic rings. The Morgan fingerprint density at radius 2 is 1.96 bits per heavy atom. The molecule has 126 valence electrons. The first-order valence-electron chi connectivity index (χ1n) is 7.02. The summed E-state index contributed by atoms with van der Waals surface area (Å²) in [5, 5.41) is 9.87. The van der Waals surface area contributed by atoms with Gasteiger partial charge in [-0.3, -0.25) is 4.79 Å². The quantitative estimate of drug-likeness (QED) is 0.597. The highest BCUT2D eigenvalue weighted by Gasteiger charge is 2.30. The second kappa shape index (κ2) is 7.22. The Balaban J connectivity index is 2.07. The van der Waals surface area contributed by atoms with Gasteiger partial charge in [-0.15, -0.1) is 0 Å². The molecular weight excluding hydrogens is 322 g/mol. The van der Waals surface area contributed by atoms with Crippen LogP contribution in [-0.4, -0.2) is 44.5 Å². The summed E-state index contributed by atoms with van der Waals surface area (Å²) in [6.07, 6.45) is -0.00624. The molecule has 8 heteroatoms. The molecule has 1 heterocycles. The normalized spacial score (nSPS) is 24.4. The molecule has 1 aliphatic rings. The van der Waals surface area contributed by atoms with E-state index in [4.69, 9.17) is 9.47 Å². The Hall–Kier alpha value is -1.74. The number of aryl methyl sites for hydroxylation is 1. The summed E-state index contributed by atoms with van der Waals surface area (Å²) in [7, 11) is -3.84. The van der Waals surface area contributed by atoms with Gasteiger partial charge in [0.15, 0.2) is 6.23 Å². The van der Waals surface area contributed by atoms with Crippen molar-refractivity contribution in [3.63, 3.8) is 0 Å². The average Bonchev–Trinajstić information content (AvgIpc) is 2.48. The summed E-state index contributed by atoms with van der Waals surface area (Å²) < 4.78 is 37.2. The van der Waals surface area contributed by atoms with E-state index in [0.29, 0.717) is 0 Å². The van der Waals surface area contributed by atoms with E-state index in [2.05, 4.69) is 4.72 Å². The van der Waals surface area contributed by atoms with Gasteiger partial charge in [-0.1, -0.05) is 29.8 Å². The van der Waals surface area contributed by atoms with E-state index >= 15 is 0 Å². The van der Waals surface area contributed by atoms with Crippen molar-refractivity contribution in [3.05, 3.63) is 42.0 Å². The Kier molecular flexibility index (Phi) is 5.53. The van der Waals surface area contributed by atoms with Crippen molar-refractivity contribution in [1.29, 1.82) is 0 Å². The number of sulfonamides is 1. The lowest BCUT2D eigenvalue weighted by Gasteiger charge is -2.29. The minimum atomic E-state index is -3.84. The number of benzene rings is 1. The average molecular weight is 341 g/mol. The van der Waals surface area contributed by atoms with Crippen molar-refractivity contribution >= 4 is 16.0 Å². The summed E-state index contributed by atoms with van der Waals surface area (Å²) in [4.78, 5) is 10.9. The third-order valence-corrected chi connectivity index (χ3v) is 4.64. The molecule has 2 N–H and O–H groups in total. The van der Waals surface area contributed by atoms with Crippen LogP contribution in [0.4, 0.5) is 0 Å². The van der Waals surface area contributed by atoms with Crippen molar-refractivity contribution in [2.24, 2.45) is 0 Å². The fourth-order valence-corrected chi connectivity index (χ4v) is 3.11. The van der Waals surface area contributed by atoms with E-state index in [1.807, 2.05) is 6.92 Å². The highest BCUT2D eigenvalue weighted by Crippen LogP contribution is 2.16. The maximum absolute atomic E-state index is 12.3. The number of esters is 1. The Morgan fingerprint density at radius 1 is 1.30 bits per heavy atom. The van der Waals surface area contributed by atoms with Gasteiger partial charge in [0.05, 0.1) is 4.90 Å². The van der Waals surface area contributed by atoms with Gasteiger partial charge in [0, 0.05) is 6.92 Å². The first kappa shape index (κ1) is 17.6. The van der Waals surface area contributed by atoms with Crippen LogP contribution in [0.3, 0.4) is 0 Å². The minimum Gasteiger partial charge on any atom is -0.463 e. The van der Waals surface area contributed by atoms with Crippen LogP contribution in [0.5, 0.6) is 0 Å². The van der Waals surface area contributed by atoms with Gasteiger partial charge in [0.25, 0.3) is 0 Å². The first-order valence-corrected chi connectivity index (χ1v) is 8.50. The summed E-state index contributed by atoms with van der Waals surface area (Å²) in [5.74, 6) is -0.468. The predicted molar refractivity (Wildman–Crippen MR) is 81.9 cm³/mol. The lowest BCUT2D eigenvalue weighted by atomic mass is 10.2. The van der Waals surface area contributed by atoms with Crippen molar-refractivity contribution in [2.45, 2.75) is 37.2 Å². The highest BCUT2D eigenvalue weighted by molar-refractivity contribution is 7.89. The standard InChI is InChI=1S/C15H19NO6S/c1-10-3-6-13(7-4-10)23(19,20)16-15-14(18)8-5-12(22-15)9-21-11(2)17/h3-8,12,14-16,18H,9H2,1-2H3/t12-,14-,15-/m0/s1. The number of hydrogen-bond acceptors (Lipinski definition) is 6. The van der Waals surface area contributed by atoms with Gasteiger partial charge in [0.1, 0.15) is 18.8 Å². The molecule has 1 aromatic carbocycles. The Bertz CT molecular complexity index is 682. The lowest BCUT2D eigenvalue weighted by molar-refractivity contribution is -0.147. The number of hydrogen-bond donors (Lipinski definition) is 2. The SMILES string of the molecule is CC(=O)OC[C@@H]1C=C[C@H](O)[C@@H](NS(=O)(=O)c2ccc(C)cc2)O1. The fraction of sp³-hybridized carbons (Fsp3) is 0.400. The van der Waals surface area contributed by atoms with Crippen LogP contribution in [0.2, 0.25) is 0 Å². The van der Waals surface area contributed by atoms with E-state index in [1.165, 1.54) is 31.2 Å². The van der Waals surface area contributed by atoms with E-state index in [0.717, 1.165) is 5.56 Å². The molecular formula is C15H19NO6S. The van der Waals surface area contributed by atoms with Gasteiger partial charge in [-0.25, -0.2) is 8.42 Å². The topological polar surface area (TPSA) is 102 Å². The number of carbonyl (C=O) groups is 1. The van der Waals surface area contributed by atoms with E-state index in [-0.39, 0.29) is 11.5 Å². The molecule has 0 unspecified atom stereocenters. The molecule has 0 spiro atoms. The molecule has 0 fully saturated rings. The number of nitrogens with one attached hydrogen (secondary N) is 1. The zero-order valence-corrected chi connectivity index (χ0v) is 13.6. The molecule has 1 aliphatic heterocycles. The molecule has 0 bridgehead atoms. The van der Waals surface area contributed by atoms with Crippen LogP contribution < -0.4 is 4.72 Å². The van der Waals surface area contributed by atoms with Gasteiger partial charge < -0.3 is 14.6 Å². The third kappa shape index (κ3) is 4.87. The summed E-state index contributed by atoms with van der Waals surface area (Å²) in [6.45, 7) is 3.06. The van der Waals surface area contributed by atoms with Crippen LogP contribution in [0.1, 0.15) is 12.5 Å². The molecule has 0 aromatic heterocycles. The van der Waals surface area contributed by atoms with Crippen molar-refractivity contribution < 1.29 is 27.8 Å². The van der Waals surface area contributed by atoms with Crippen LogP contribution in [0.15, 0.2) is 41.3 Å². The summed E-state index contributed by atoms with van der Waals surface area (Å²) in [5.41, 5.74) is 0.933. The molecule has 0 amide bonds. The number of aliphatic hydroxyl groups is 1. The van der Waals surface area contributed by atoms with Crippen molar-refractivity contribution in [2.75, 3.05) is 6.61 Å². The highest BCUT2D eigenvalue weighted by atomic mass is 32.2. The van der Waals surface area contributed by atoms with Gasteiger partial charge in [-0.05, 0) is 19.1 Å². The van der Waals surface area contributed by atoms with E-state index in [1.54, 1.807) is 12.1 Å². The molecule has 3 atom stereocenters. The van der Waals surface area contributed by atoms with E-state index < -0.39 is 34.4 Å². The molecule has 0 aliphatic carbocycles. The van der Waals surface area contributed by atoms with Gasteiger partial charge in [0.2, 0.25) is 10.0 Å². The third-order valence-electron chi connectivity index (χ3n) is 3.21. The maximum atomic E-state index is 12.3. The fourth-order valence-electron chi connectivity index (χ4n) is 1.98. The van der Waals surface area contributed by atoms with Crippen LogP contribution in [0, 0.1) is 6.92 Å². The summed E-state index contributed by atoms with van der Waals surface area (Å²) in [6, 6.07) is 6.30. The zero-order valence-electron chi connectivity index (χ0n) is 12.8. The van der Waals surface area contributed by atoms with Gasteiger partial charge in [-0.2, -0.15) is 4.72 Å². The van der Waals surface area contributed by atoms with Crippen molar-refractivity contribution in [3.8, 4) is 0 Å². The molecule has 0 saturated carbocycles. The smallest absolute Gasteiger partial charge is 0.302 e. The molecule has 23 heavy (non-hydrogen) atoms. The van der Waals surface area contributed by atoms with E-state index in [9.17, 15) is 18.3 Å². The number of rotatable bonds is 5. The predicted octanol–water partition coefficient (Wildman–Crippen LogP) is 0.478. The van der Waals surface area contributed by atoms with Crippen molar-refractivity contribution in [1.82, 2.24) is 4.72 Å². The Morgan fingerprint density at radius 3 is 2.57 bits per heavy atom. The zero-order chi connectivity index (χ0) is 17.0.